The summed E-state index contributed by atoms with van der Waals surface area (Å²) < 4.78 is 39.5. The molecular weight excluding hydrogens is 436 g/mol. The molecule has 0 aliphatic carbocycles. The van der Waals surface area contributed by atoms with E-state index in [4.69, 9.17) is 9.47 Å². The third-order valence-electron chi connectivity index (χ3n) is 5.26. The number of aryl methyl sites for hydroxylation is 1. The van der Waals surface area contributed by atoms with E-state index in [1.807, 2.05) is 17.5 Å². The van der Waals surface area contributed by atoms with Crippen LogP contribution in [0.3, 0.4) is 0 Å². The standard InChI is InChI=1S/C22H20N2O5S2/c25-22(21-4-2-12-30-21)24-9-1-3-15-5-6-16(13-18(15)24)23-31(26,27)17-7-8-19-20(14-17)29-11-10-28-19/h2,4-8,12-14,23H,1,3,9-11H2. The van der Waals surface area contributed by atoms with E-state index in [2.05, 4.69) is 4.72 Å². The topological polar surface area (TPSA) is 84.9 Å². The quantitative estimate of drug-likeness (QED) is 0.643. The van der Waals surface area contributed by atoms with Gasteiger partial charge in [0.2, 0.25) is 0 Å². The van der Waals surface area contributed by atoms with Gasteiger partial charge in [-0.15, -0.1) is 11.3 Å². The number of nitrogens with zero attached hydrogens (tertiary/aromatic N) is 1. The molecule has 2 aliphatic heterocycles. The van der Waals surface area contributed by atoms with Crippen LogP contribution in [0.5, 0.6) is 11.5 Å². The van der Waals surface area contributed by atoms with Gasteiger partial charge in [0.05, 0.1) is 15.5 Å². The molecule has 0 radical (unpaired) electrons. The fourth-order valence-corrected chi connectivity index (χ4v) is 5.52. The van der Waals surface area contributed by atoms with E-state index >= 15 is 0 Å². The van der Waals surface area contributed by atoms with E-state index in [0.29, 0.717) is 41.8 Å². The molecule has 3 aromatic rings. The van der Waals surface area contributed by atoms with Crippen LogP contribution in [-0.4, -0.2) is 34.1 Å². The van der Waals surface area contributed by atoms with Crippen LogP contribution in [0, 0.1) is 0 Å². The molecule has 160 valence electrons. The molecule has 7 nitrogen and oxygen atoms in total. The lowest BCUT2D eigenvalue weighted by molar-refractivity contribution is 0.0989. The minimum absolute atomic E-state index is 0.0669. The summed E-state index contributed by atoms with van der Waals surface area (Å²) in [4.78, 5) is 15.4. The normalized spacial score (nSPS) is 15.3. The Labute approximate surface area is 184 Å². The molecule has 0 spiro atoms. The Bertz CT molecular complexity index is 1240. The molecule has 2 aromatic carbocycles. The molecule has 2 aliphatic rings. The minimum Gasteiger partial charge on any atom is -0.486 e. The highest BCUT2D eigenvalue weighted by molar-refractivity contribution is 7.92. The van der Waals surface area contributed by atoms with E-state index < -0.39 is 10.0 Å². The maximum atomic E-state index is 13.0. The van der Waals surface area contributed by atoms with Crippen molar-refractivity contribution in [3.8, 4) is 11.5 Å². The van der Waals surface area contributed by atoms with Crippen LogP contribution in [0.4, 0.5) is 11.4 Å². The number of sulfonamides is 1. The molecule has 0 saturated carbocycles. The van der Waals surface area contributed by atoms with Gasteiger partial charge in [0, 0.05) is 18.3 Å². The van der Waals surface area contributed by atoms with Gasteiger partial charge in [-0.25, -0.2) is 8.42 Å². The minimum atomic E-state index is -3.84. The zero-order valence-corrected chi connectivity index (χ0v) is 18.2. The fraction of sp³-hybridized carbons (Fsp3) is 0.227. The average molecular weight is 457 g/mol. The van der Waals surface area contributed by atoms with Crippen molar-refractivity contribution in [2.24, 2.45) is 0 Å². The summed E-state index contributed by atoms with van der Waals surface area (Å²) in [5.74, 6) is 0.872. The first-order chi connectivity index (χ1) is 15.0. The molecule has 1 amide bonds. The molecule has 1 N–H and O–H groups in total. The average Bonchev–Trinajstić information content (AvgIpc) is 3.32. The molecule has 0 saturated heterocycles. The number of amides is 1. The number of thiophene rings is 1. The number of ether oxygens (including phenoxy) is 2. The SMILES string of the molecule is O=C(c1cccs1)N1CCCc2ccc(NS(=O)(=O)c3ccc4c(c3)OCCO4)cc21. The third-order valence-corrected chi connectivity index (χ3v) is 7.49. The maximum absolute atomic E-state index is 13.0. The van der Waals surface area contributed by atoms with E-state index in [-0.39, 0.29) is 10.8 Å². The summed E-state index contributed by atoms with van der Waals surface area (Å²) in [6.07, 6.45) is 1.71. The van der Waals surface area contributed by atoms with Crippen molar-refractivity contribution in [1.82, 2.24) is 0 Å². The van der Waals surface area contributed by atoms with Crippen molar-refractivity contribution < 1.29 is 22.7 Å². The van der Waals surface area contributed by atoms with Gasteiger partial charge >= 0.3 is 0 Å². The van der Waals surface area contributed by atoms with Crippen LogP contribution >= 0.6 is 11.3 Å². The highest BCUT2D eigenvalue weighted by Gasteiger charge is 2.26. The van der Waals surface area contributed by atoms with Crippen LogP contribution in [0.15, 0.2) is 58.8 Å². The lowest BCUT2D eigenvalue weighted by Gasteiger charge is -2.29. The number of hydrogen-bond donors (Lipinski definition) is 1. The highest BCUT2D eigenvalue weighted by atomic mass is 32.2. The van der Waals surface area contributed by atoms with Crippen molar-refractivity contribution >= 4 is 38.6 Å². The lowest BCUT2D eigenvalue weighted by Crippen LogP contribution is -2.35. The third kappa shape index (κ3) is 3.86. The van der Waals surface area contributed by atoms with Gasteiger partial charge in [0.1, 0.15) is 13.2 Å². The molecular formula is C22H20N2O5S2. The molecule has 0 atom stereocenters. The molecule has 1 aromatic heterocycles. The molecule has 0 unspecified atom stereocenters. The Morgan fingerprint density at radius 2 is 1.87 bits per heavy atom. The largest absolute Gasteiger partial charge is 0.486 e. The molecule has 0 bridgehead atoms. The van der Waals surface area contributed by atoms with E-state index in [1.165, 1.54) is 23.5 Å². The molecule has 3 heterocycles. The van der Waals surface area contributed by atoms with Gasteiger partial charge in [-0.1, -0.05) is 12.1 Å². The van der Waals surface area contributed by atoms with E-state index in [0.717, 1.165) is 24.1 Å². The second-order valence-electron chi connectivity index (χ2n) is 7.29. The number of nitrogens with one attached hydrogen (secondary N) is 1. The van der Waals surface area contributed by atoms with E-state index in [9.17, 15) is 13.2 Å². The predicted octanol–water partition coefficient (Wildman–Crippen LogP) is 3.91. The number of carbonyl (C=O) groups is 1. The Kier molecular flexibility index (Phi) is 5.07. The predicted molar refractivity (Wildman–Crippen MR) is 119 cm³/mol. The summed E-state index contributed by atoms with van der Waals surface area (Å²) in [5.41, 5.74) is 2.17. The monoisotopic (exact) mass is 456 g/mol. The zero-order valence-electron chi connectivity index (χ0n) is 16.5. The number of rotatable bonds is 4. The van der Waals surface area contributed by atoms with Crippen LogP contribution < -0.4 is 19.1 Å². The smallest absolute Gasteiger partial charge is 0.268 e. The van der Waals surface area contributed by atoms with Crippen LogP contribution in [-0.2, 0) is 16.4 Å². The van der Waals surface area contributed by atoms with Crippen molar-refractivity contribution in [3.05, 3.63) is 64.4 Å². The van der Waals surface area contributed by atoms with Gasteiger partial charge in [-0.2, -0.15) is 0 Å². The van der Waals surface area contributed by atoms with Crippen molar-refractivity contribution in [3.63, 3.8) is 0 Å². The van der Waals surface area contributed by atoms with Crippen LogP contribution in [0.2, 0.25) is 0 Å². The second-order valence-corrected chi connectivity index (χ2v) is 9.92. The second kappa shape index (κ2) is 7.90. The Morgan fingerprint density at radius 3 is 2.68 bits per heavy atom. The summed E-state index contributed by atoms with van der Waals surface area (Å²) in [6.45, 7) is 1.41. The number of fused-ring (bicyclic) bond motifs is 2. The summed E-state index contributed by atoms with van der Waals surface area (Å²) in [7, 11) is -3.84. The Balaban J connectivity index is 1.44. The first-order valence-corrected chi connectivity index (χ1v) is 12.3. The van der Waals surface area contributed by atoms with Gasteiger partial charge in [-0.3, -0.25) is 9.52 Å². The first kappa shape index (κ1) is 19.9. The van der Waals surface area contributed by atoms with Crippen LogP contribution in [0.25, 0.3) is 0 Å². The summed E-state index contributed by atoms with van der Waals surface area (Å²) in [5, 5.41) is 1.87. The highest BCUT2D eigenvalue weighted by Crippen LogP contribution is 2.35. The van der Waals surface area contributed by atoms with Gasteiger partial charge < -0.3 is 14.4 Å². The number of hydrogen-bond acceptors (Lipinski definition) is 6. The van der Waals surface area contributed by atoms with Crippen molar-refractivity contribution in [2.75, 3.05) is 29.4 Å². The van der Waals surface area contributed by atoms with Crippen molar-refractivity contribution in [1.29, 1.82) is 0 Å². The molecule has 9 heteroatoms. The number of anilines is 2. The van der Waals surface area contributed by atoms with Gasteiger partial charge in [0.15, 0.2) is 11.5 Å². The van der Waals surface area contributed by atoms with Gasteiger partial charge in [0.25, 0.3) is 15.9 Å². The zero-order chi connectivity index (χ0) is 21.4. The van der Waals surface area contributed by atoms with Crippen LogP contribution in [0.1, 0.15) is 21.7 Å². The maximum Gasteiger partial charge on any atom is 0.268 e. The fourth-order valence-electron chi connectivity index (χ4n) is 3.79. The molecule has 31 heavy (non-hydrogen) atoms. The number of benzene rings is 2. The summed E-state index contributed by atoms with van der Waals surface area (Å²) in [6, 6.07) is 13.5. The van der Waals surface area contributed by atoms with E-state index in [1.54, 1.807) is 29.2 Å². The molecule has 5 rings (SSSR count). The molecule has 0 fully saturated rings. The first-order valence-electron chi connectivity index (χ1n) is 9.92. The lowest BCUT2D eigenvalue weighted by atomic mass is 10.0. The Morgan fingerprint density at radius 1 is 1.03 bits per heavy atom. The van der Waals surface area contributed by atoms with Gasteiger partial charge in [-0.05, 0) is 54.1 Å². The summed E-state index contributed by atoms with van der Waals surface area (Å²) >= 11 is 1.40. The Hall–Kier alpha value is -3.04. The van der Waals surface area contributed by atoms with Crippen molar-refractivity contribution in [2.45, 2.75) is 17.7 Å². The number of carbonyl (C=O) groups excluding carboxylic acids is 1.